The minimum atomic E-state index is 0.0760. The molecule has 12 heavy (non-hydrogen) atoms. The molecule has 1 aromatic carbocycles. The number of rotatable bonds is 2. The number of nitriles is 1. The summed E-state index contributed by atoms with van der Waals surface area (Å²) in [6.07, 6.45) is 0.481. The van der Waals surface area contributed by atoms with Gasteiger partial charge in [-0.3, -0.25) is 4.79 Å². The van der Waals surface area contributed by atoms with E-state index in [9.17, 15) is 4.79 Å². The van der Waals surface area contributed by atoms with Crippen LogP contribution in [0.25, 0.3) is 0 Å². The molecule has 0 unspecified atom stereocenters. The molecule has 3 heteroatoms. The molecule has 58 valence electrons. The third kappa shape index (κ3) is 1.73. The molecule has 0 N–H and O–H groups in total. The zero-order chi connectivity index (χ0) is 8.97. The van der Waals surface area contributed by atoms with E-state index in [0.717, 1.165) is 0 Å². The minimum Gasteiger partial charge on any atom is -0.295 e. The highest BCUT2D eigenvalue weighted by atomic mass is 16.1. The fraction of sp³-hybridized carbons (Fsp3) is 0.111. The maximum atomic E-state index is 11.2. The Morgan fingerprint density at radius 2 is 2.33 bits per heavy atom. The molecule has 0 aliphatic heterocycles. The van der Waals surface area contributed by atoms with E-state index in [0.29, 0.717) is 17.4 Å². The number of nitrogens with zero attached hydrogens (tertiary/aromatic N) is 1. The minimum absolute atomic E-state index is 0.0760. The average molecular weight is 157 g/mol. The SMILES string of the molecule is BCC(=O)c1cccc(C#N)c1. The van der Waals surface area contributed by atoms with Crippen LogP contribution in [-0.2, 0) is 0 Å². The van der Waals surface area contributed by atoms with Crippen molar-refractivity contribution in [2.45, 2.75) is 6.32 Å². The molecule has 2 nitrogen and oxygen atoms in total. The van der Waals surface area contributed by atoms with Gasteiger partial charge in [0.2, 0.25) is 0 Å². The lowest BCUT2D eigenvalue weighted by Crippen LogP contribution is -1.97. The van der Waals surface area contributed by atoms with Gasteiger partial charge in [0.25, 0.3) is 0 Å². The van der Waals surface area contributed by atoms with E-state index in [4.69, 9.17) is 5.26 Å². The Kier molecular flexibility index (Phi) is 2.65. The molecular weight excluding hydrogens is 149 g/mol. The summed E-state index contributed by atoms with van der Waals surface area (Å²) in [5.74, 6) is 0.0760. The van der Waals surface area contributed by atoms with Gasteiger partial charge in [-0.15, -0.1) is 0 Å². The molecule has 0 saturated carbocycles. The molecule has 0 spiro atoms. The highest BCUT2D eigenvalue weighted by molar-refractivity contribution is 6.24. The predicted octanol–water partition coefficient (Wildman–Crippen LogP) is 0.792. The van der Waals surface area contributed by atoms with Gasteiger partial charge in [-0.25, -0.2) is 0 Å². The number of carbonyl (C=O) groups is 1. The molecule has 0 aliphatic carbocycles. The van der Waals surface area contributed by atoms with Crippen molar-refractivity contribution in [2.75, 3.05) is 0 Å². The normalized spacial score (nSPS) is 8.92. The Hall–Kier alpha value is -1.56. The van der Waals surface area contributed by atoms with Crippen molar-refractivity contribution in [1.82, 2.24) is 0 Å². The van der Waals surface area contributed by atoms with Crippen LogP contribution in [0.1, 0.15) is 15.9 Å². The summed E-state index contributed by atoms with van der Waals surface area (Å²) in [7, 11) is 1.81. The lowest BCUT2D eigenvalue weighted by atomic mass is 9.95. The molecule has 0 amide bonds. The van der Waals surface area contributed by atoms with E-state index in [1.807, 2.05) is 6.07 Å². The molecule has 0 radical (unpaired) electrons. The van der Waals surface area contributed by atoms with Crippen LogP contribution >= 0.6 is 0 Å². The molecule has 0 atom stereocenters. The Bertz CT molecular complexity index is 341. The van der Waals surface area contributed by atoms with Crippen molar-refractivity contribution >= 4 is 13.6 Å². The van der Waals surface area contributed by atoms with Crippen molar-refractivity contribution in [3.8, 4) is 6.07 Å². The summed E-state index contributed by atoms with van der Waals surface area (Å²) in [6.45, 7) is 0. The molecular formula is C9H8BNO. The van der Waals surface area contributed by atoms with Gasteiger partial charge in [-0.2, -0.15) is 5.26 Å². The largest absolute Gasteiger partial charge is 0.295 e. The topological polar surface area (TPSA) is 40.9 Å². The first-order valence-corrected chi connectivity index (χ1v) is 3.81. The lowest BCUT2D eigenvalue weighted by Gasteiger charge is -1.96. The van der Waals surface area contributed by atoms with Gasteiger partial charge >= 0.3 is 0 Å². The van der Waals surface area contributed by atoms with Gasteiger partial charge in [0.15, 0.2) is 5.78 Å². The third-order valence-corrected chi connectivity index (χ3v) is 1.63. The van der Waals surface area contributed by atoms with Gasteiger partial charge in [0.1, 0.15) is 7.85 Å². The van der Waals surface area contributed by atoms with E-state index in [-0.39, 0.29) is 5.78 Å². The Morgan fingerprint density at radius 1 is 1.58 bits per heavy atom. The van der Waals surface area contributed by atoms with E-state index >= 15 is 0 Å². The number of hydrogen-bond donors (Lipinski definition) is 0. The number of benzene rings is 1. The molecule has 0 bridgehead atoms. The summed E-state index contributed by atoms with van der Waals surface area (Å²) in [5, 5.41) is 8.56. The van der Waals surface area contributed by atoms with Gasteiger partial charge in [-0.1, -0.05) is 12.1 Å². The number of ketones is 1. The van der Waals surface area contributed by atoms with Crippen LogP contribution in [0.5, 0.6) is 0 Å². The molecule has 1 rings (SSSR count). The van der Waals surface area contributed by atoms with Gasteiger partial charge in [0, 0.05) is 5.56 Å². The van der Waals surface area contributed by atoms with Crippen LogP contribution in [0.3, 0.4) is 0 Å². The predicted molar refractivity (Wildman–Crippen MR) is 48.8 cm³/mol. The van der Waals surface area contributed by atoms with Crippen LogP contribution < -0.4 is 0 Å². The Labute approximate surface area is 72.2 Å². The first-order chi connectivity index (χ1) is 5.77. The molecule has 0 aromatic heterocycles. The zero-order valence-electron chi connectivity index (χ0n) is 6.87. The zero-order valence-corrected chi connectivity index (χ0v) is 6.87. The summed E-state index contributed by atoms with van der Waals surface area (Å²) in [5.41, 5.74) is 1.16. The highest BCUT2D eigenvalue weighted by Crippen LogP contribution is 2.05. The summed E-state index contributed by atoms with van der Waals surface area (Å²) >= 11 is 0. The monoisotopic (exact) mass is 157 g/mol. The maximum Gasteiger partial charge on any atom is 0.155 e. The second kappa shape index (κ2) is 3.73. The van der Waals surface area contributed by atoms with Crippen LogP contribution in [0.2, 0.25) is 6.32 Å². The molecule has 0 saturated heterocycles. The fourth-order valence-corrected chi connectivity index (χ4v) is 0.966. The smallest absolute Gasteiger partial charge is 0.155 e. The summed E-state index contributed by atoms with van der Waals surface area (Å²) < 4.78 is 0. The van der Waals surface area contributed by atoms with Crippen LogP contribution in [0.4, 0.5) is 0 Å². The Morgan fingerprint density at radius 3 is 2.92 bits per heavy atom. The Balaban J connectivity index is 3.04. The summed E-state index contributed by atoms with van der Waals surface area (Å²) in [4.78, 5) is 11.2. The number of carbonyl (C=O) groups excluding carboxylic acids is 1. The van der Waals surface area contributed by atoms with Gasteiger partial charge in [-0.05, 0) is 18.5 Å². The number of hydrogen-bond acceptors (Lipinski definition) is 2. The third-order valence-electron chi connectivity index (χ3n) is 1.63. The van der Waals surface area contributed by atoms with Crippen LogP contribution in [0.15, 0.2) is 24.3 Å². The van der Waals surface area contributed by atoms with Crippen molar-refractivity contribution in [3.05, 3.63) is 35.4 Å². The lowest BCUT2D eigenvalue weighted by molar-refractivity contribution is 0.101. The summed E-state index contributed by atoms with van der Waals surface area (Å²) in [6, 6.07) is 8.75. The van der Waals surface area contributed by atoms with Crippen molar-refractivity contribution in [2.24, 2.45) is 0 Å². The second-order valence-corrected chi connectivity index (χ2v) is 2.47. The van der Waals surface area contributed by atoms with Crippen LogP contribution in [-0.4, -0.2) is 13.6 Å². The first kappa shape index (κ1) is 8.54. The van der Waals surface area contributed by atoms with Crippen molar-refractivity contribution < 1.29 is 4.79 Å². The second-order valence-electron chi connectivity index (χ2n) is 2.47. The number of Topliss-reactive ketones (excluding diaryl/α,β-unsaturated/α-hetero) is 1. The quantitative estimate of drug-likeness (QED) is 0.470. The van der Waals surface area contributed by atoms with E-state index in [2.05, 4.69) is 0 Å². The van der Waals surface area contributed by atoms with Crippen LogP contribution in [0, 0.1) is 11.3 Å². The standard InChI is InChI=1S/C9H8BNO/c10-5-9(12)8-3-1-2-7(4-8)6-11/h1-4H,5,10H2. The molecule has 1 aromatic rings. The average Bonchev–Trinajstić information content (AvgIpc) is 2.17. The fourth-order valence-electron chi connectivity index (χ4n) is 0.966. The van der Waals surface area contributed by atoms with Gasteiger partial charge in [0.05, 0.1) is 11.6 Å². The van der Waals surface area contributed by atoms with Gasteiger partial charge < -0.3 is 0 Å². The first-order valence-electron chi connectivity index (χ1n) is 3.81. The van der Waals surface area contributed by atoms with Crippen molar-refractivity contribution in [3.63, 3.8) is 0 Å². The molecule has 0 aliphatic rings. The van der Waals surface area contributed by atoms with E-state index in [1.54, 1.807) is 32.1 Å². The van der Waals surface area contributed by atoms with E-state index < -0.39 is 0 Å². The highest BCUT2D eigenvalue weighted by Gasteiger charge is 2.02. The molecule has 0 heterocycles. The van der Waals surface area contributed by atoms with Crippen molar-refractivity contribution in [1.29, 1.82) is 5.26 Å². The maximum absolute atomic E-state index is 11.2. The molecule has 0 fully saturated rings. The van der Waals surface area contributed by atoms with E-state index in [1.165, 1.54) is 0 Å².